The summed E-state index contributed by atoms with van der Waals surface area (Å²) in [5, 5.41) is 19.2. The minimum Gasteiger partial charge on any atom is -0.481 e. The maximum Gasteiger partial charge on any atom is 0.305 e. The highest BCUT2D eigenvalue weighted by atomic mass is 16.5. The van der Waals surface area contributed by atoms with Crippen LogP contribution in [0.5, 0.6) is 0 Å². The van der Waals surface area contributed by atoms with Crippen LogP contribution in [0.3, 0.4) is 0 Å². The van der Waals surface area contributed by atoms with Crippen LogP contribution in [-0.2, 0) is 20.9 Å². The van der Waals surface area contributed by atoms with Gasteiger partial charge in [-0.25, -0.2) is 4.68 Å². The zero-order chi connectivity index (χ0) is 13.0. The fourth-order valence-electron chi connectivity index (χ4n) is 1.84. The molecule has 1 aliphatic heterocycles. The second-order valence-corrected chi connectivity index (χ2v) is 3.92. The molecule has 98 valence electrons. The van der Waals surface area contributed by atoms with Crippen molar-refractivity contribution in [2.24, 2.45) is 0 Å². The van der Waals surface area contributed by atoms with E-state index in [0.29, 0.717) is 13.2 Å². The van der Waals surface area contributed by atoms with E-state index in [1.807, 2.05) is 0 Å². The zero-order valence-electron chi connectivity index (χ0n) is 9.60. The summed E-state index contributed by atoms with van der Waals surface area (Å²) in [6, 6.07) is -0.430. The molecule has 0 aromatic carbocycles. The lowest BCUT2D eigenvalue weighted by atomic mass is 10.1. The lowest BCUT2D eigenvalue weighted by molar-refractivity contribution is -0.146. The van der Waals surface area contributed by atoms with Crippen molar-refractivity contribution in [1.29, 1.82) is 0 Å². The molecular weight excluding hydrogens is 242 g/mol. The van der Waals surface area contributed by atoms with E-state index in [1.165, 1.54) is 15.9 Å². The minimum atomic E-state index is -0.953. The van der Waals surface area contributed by atoms with Gasteiger partial charge in [0, 0.05) is 6.54 Å². The van der Waals surface area contributed by atoms with Gasteiger partial charge >= 0.3 is 5.97 Å². The van der Waals surface area contributed by atoms with Gasteiger partial charge in [0.15, 0.2) is 0 Å². The largest absolute Gasteiger partial charge is 0.481 e. The van der Waals surface area contributed by atoms with E-state index in [1.54, 1.807) is 0 Å². The standard InChI is InChI=1S/C9H13N5O4/c15-8(4-13-6-10-11-12-13)14-1-2-18-5-7(14)3-9(16)17/h6-7H,1-5H2,(H,16,17). The van der Waals surface area contributed by atoms with Crippen LogP contribution in [0, 0.1) is 0 Å². The Morgan fingerprint density at radius 2 is 2.33 bits per heavy atom. The Balaban J connectivity index is 1.99. The van der Waals surface area contributed by atoms with E-state index in [2.05, 4.69) is 15.5 Å². The van der Waals surface area contributed by atoms with Gasteiger partial charge in [0.1, 0.15) is 12.9 Å². The summed E-state index contributed by atoms with van der Waals surface area (Å²) in [5.74, 6) is -1.16. The van der Waals surface area contributed by atoms with Gasteiger partial charge < -0.3 is 14.7 Å². The summed E-state index contributed by atoms with van der Waals surface area (Å²) >= 11 is 0. The number of aromatic nitrogens is 4. The third kappa shape index (κ3) is 3.00. The van der Waals surface area contributed by atoms with Crippen LogP contribution < -0.4 is 0 Å². The fourth-order valence-corrected chi connectivity index (χ4v) is 1.84. The summed E-state index contributed by atoms with van der Waals surface area (Å²) < 4.78 is 6.50. The Hall–Kier alpha value is -2.03. The first-order valence-corrected chi connectivity index (χ1v) is 5.46. The molecule has 0 bridgehead atoms. The molecule has 0 radical (unpaired) electrons. The zero-order valence-corrected chi connectivity index (χ0v) is 9.60. The number of hydrogen-bond donors (Lipinski definition) is 1. The SMILES string of the molecule is O=C(O)CC1COCCN1C(=O)Cn1cnnn1. The molecule has 1 aromatic heterocycles. The molecule has 1 aromatic rings. The van der Waals surface area contributed by atoms with Crippen molar-refractivity contribution in [2.45, 2.75) is 19.0 Å². The first-order valence-electron chi connectivity index (χ1n) is 5.46. The monoisotopic (exact) mass is 255 g/mol. The number of morpholine rings is 1. The number of carbonyl (C=O) groups is 2. The molecule has 2 heterocycles. The van der Waals surface area contributed by atoms with Gasteiger partial charge in [0.05, 0.1) is 25.7 Å². The first-order chi connectivity index (χ1) is 8.66. The Kier molecular flexibility index (Phi) is 3.82. The van der Waals surface area contributed by atoms with Crippen molar-refractivity contribution in [2.75, 3.05) is 19.8 Å². The van der Waals surface area contributed by atoms with Gasteiger partial charge in [-0.1, -0.05) is 0 Å². The lowest BCUT2D eigenvalue weighted by Crippen LogP contribution is -2.50. The van der Waals surface area contributed by atoms with Crippen LogP contribution >= 0.6 is 0 Å². The lowest BCUT2D eigenvalue weighted by Gasteiger charge is -2.34. The number of ether oxygens (including phenoxy) is 1. The van der Waals surface area contributed by atoms with Crippen molar-refractivity contribution >= 4 is 11.9 Å². The maximum atomic E-state index is 12.0. The van der Waals surface area contributed by atoms with Crippen molar-refractivity contribution in [3.05, 3.63) is 6.33 Å². The normalized spacial score (nSPS) is 19.8. The molecule has 1 aliphatic rings. The number of aliphatic carboxylic acids is 1. The molecule has 1 N–H and O–H groups in total. The highest BCUT2D eigenvalue weighted by Gasteiger charge is 2.29. The van der Waals surface area contributed by atoms with E-state index < -0.39 is 12.0 Å². The first kappa shape index (κ1) is 12.4. The van der Waals surface area contributed by atoms with Gasteiger partial charge in [-0.15, -0.1) is 5.10 Å². The van der Waals surface area contributed by atoms with Crippen LogP contribution in [0.25, 0.3) is 0 Å². The van der Waals surface area contributed by atoms with Gasteiger partial charge in [0.2, 0.25) is 5.91 Å². The van der Waals surface area contributed by atoms with Crippen molar-refractivity contribution in [1.82, 2.24) is 25.1 Å². The summed E-state index contributed by atoms with van der Waals surface area (Å²) in [6.07, 6.45) is 1.21. The molecule has 1 unspecified atom stereocenters. The molecule has 1 saturated heterocycles. The van der Waals surface area contributed by atoms with Gasteiger partial charge in [-0.3, -0.25) is 9.59 Å². The van der Waals surface area contributed by atoms with E-state index in [9.17, 15) is 9.59 Å². The smallest absolute Gasteiger partial charge is 0.305 e. The summed E-state index contributed by atoms with van der Waals surface area (Å²) in [5.41, 5.74) is 0. The molecule has 1 atom stereocenters. The Labute approximate surface area is 102 Å². The van der Waals surface area contributed by atoms with E-state index in [4.69, 9.17) is 9.84 Å². The highest BCUT2D eigenvalue weighted by molar-refractivity contribution is 5.77. The molecule has 9 nitrogen and oxygen atoms in total. The molecule has 1 amide bonds. The Morgan fingerprint density at radius 1 is 1.50 bits per heavy atom. The molecular formula is C9H13N5O4. The van der Waals surface area contributed by atoms with Crippen molar-refractivity contribution < 1.29 is 19.4 Å². The van der Waals surface area contributed by atoms with E-state index >= 15 is 0 Å². The van der Waals surface area contributed by atoms with Crippen LogP contribution in [0.15, 0.2) is 6.33 Å². The Bertz CT molecular complexity index is 421. The maximum absolute atomic E-state index is 12.0. The molecule has 2 rings (SSSR count). The van der Waals surface area contributed by atoms with Crippen LogP contribution in [-0.4, -0.2) is 67.9 Å². The topological polar surface area (TPSA) is 110 Å². The molecule has 1 fully saturated rings. The molecule has 0 spiro atoms. The summed E-state index contributed by atoms with van der Waals surface area (Å²) in [4.78, 5) is 24.3. The van der Waals surface area contributed by atoms with Crippen LogP contribution in [0.2, 0.25) is 0 Å². The number of carbonyl (C=O) groups excluding carboxylic acids is 1. The minimum absolute atomic E-state index is 0.00309. The third-order valence-corrected chi connectivity index (χ3v) is 2.65. The Morgan fingerprint density at radius 3 is 3.00 bits per heavy atom. The van der Waals surface area contributed by atoms with Gasteiger partial charge in [0.25, 0.3) is 0 Å². The number of nitrogens with zero attached hydrogens (tertiary/aromatic N) is 5. The predicted molar refractivity (Wildman–Crippen MR) is 56.4 cm³/mol. The van der Waals surface area contributed by atoms with Crippen LogP contribution in [0.1, 0.15) is 6.42 Å². The second kappa shape index (κ2) is 5.54. The van der Waals surface area contributed by atoms with Crippen molar-refractivity contribution in [3.63, 3.8) is 0 Å². The van der Waals surface area contributed by atoms with E-state index in [0.717, 1.165) is 0 Å². The number of carboxylic acid groups (broad SMARTS) is 1. The number of tetrazole rings is 1. The summed E-state index contributed by atoms with van der Waals surface area (Å²) in [7, 11) is 0. The predicted octanol–water partition coefficient (Wildman–Crippen LogP) is -1.62. The molecule has 18 heavy (non-hydrogen) atoms. The average molecular weight is 255 g/mol. The molecule has 0 aliphatic carbocycles. The van der Waals surface area contributed by atoms with E-state index in [-0.39, 0.29) is 25.5 Å². The quantitative estimate of drug-likeness (QED) is 0.688. The molecule has 0 saturated carbocycles. The number of rotatable bonds is 4. The van der Waals surface area contributed by atoms with Gasteiger partial charge in [-0.05, 0) is 10.4 Å². The average Bonchev–Trinajstić information content (AvgIpc) is 2.81. The van der Waals surface area contributed by atoms with Crippen molar-refractivity contribution in [3.8, 4) is 0 Å². The number of amides is 1. The number of hydrogen-bond acceptors (Lipinski definition) is 6. The van der Waals surface area contributed by atoms with Gasteiger partial charge in [-0.2, -0.15) is 0 Å². The van der Waals surface area contributed by atoms with Crippen LogP contribution in [0.4, 0.5) is 0 Å². The number of carboxylic acids is 1. The highest BCUT2D eigenvalue weighted by Crippen LogP contribution is 2.11. The fraction of sp³-hybridized carbons (Fsp3) is 0.667. The summed E-state index contributed by atoms with van der Waals surface area (Å²) in [6.45, 7) is 1.05. The second-order valence-electron chi connectivity index (χ2n) is 3.92. The molecule has 9 heteroatoms. The third-order valence-electron chi connectivity index (χ3n) is 2.65.